The van der Waals surface area contributed by atoms with Crippen LogP contribution in [0.1, 0.15) is 6.92 Å². The fraction of sp³-hybridized carbons (Fsp3) is 0.0769. The maximum atomic E-state index is 11.9. The van der Waals surface area contributed by atoms with Gasteiger partial charge in [0, 0.05) is 6.20 Å². The van der Waals surface area contributed by atoms with Crippen molar-refractivity contribution in [1.82, 2.24) is 5.06 Å². The van der Waals surface area contributed by atoms with Gasteiger partial charge in [-0.3, -0.25) is 5.21 Å². The zero-order chi connectivity index (χ0) is 14.6. The highest BCUT2D eigenvalue weighted by Gasteiger charge is 2.13. The summed E-state index contributed by atoms with van der Waals surface area (Å²) in [4.78, 5) is 0.0708. The van der Waals surface area contributed by atoms with E-state index in [0.29, 0.717) is 5.70 Å². The predicted molar refractivity (Wildman–Crippen MR) is 73.1 cm³/mol. The molecule has 104 valence electrons. The summed E-state index contributed by atoms with van der Waals surface area (Å²) in [6.45, 7) is 1.56. The lowest BCUT2D eigenvalue weighted by Crippen LogP contribution is -2.12. The number of hydrogen-bond donors (Lipinski definition) is 1. The van der Waals surface area contributed by atoms with Crippen molar-refractivity contribution < 1.29 is 13.6 Å². The fourth-order valence-electron chi connectivity index (χ4n) is 1.53. The smallest absolute Gasteiger partial charge is 0.284 e. The monoisotopic (exact) mass is 291 g/mol. The van der Waals surface area contributed by atoms with E-state index in [0.717, 1.165) is 5.06 Å². The Morgan fingerprint density at radius 3 is 2.55 bits per heavy atom. The molecule has 2 rings (SSSR count). The van der Waals surface area contributed by atoms with Gasteiger partial charge in [-0.1, -0.05) is 28.8 Å². The summed E-state index contributed by atoms with van der Waals surface area (Å²) in [6.07, 6.45) is 6.35. The molecule has 1 aliphatic heterocycles. The van der Waals surface area contributed by atoms with Gasteiger partial charge in [-0.25, -0.2) is 5.06 Å². The van der Waals surface area contributed by atoms with E-state index in [1.165, 1.54) is 18.3 Å². The molecule has 1 aromatic rings. The zero-order valence-electron chi connectivity index (χ0n) is 10.7. The van der Waals surface area contributed by atoms with Crippen LogP contribution in [0.3, 0.4) is 0 Å². The van der Waals surface area contributed by atoms with Gasteiger partial charge < -0.3 is 0 Å². The Morgan fingerprint density at radius 1 is 1.20 bits per heavy atom. The maximum Gasteiger partial charge on any atom is 0.299 e. The van der Waals surface area contributed by atoms with Crippen LogP contribution in [0.25, 0.3) is 0 Å². The van der Waals surface area contributed by atoms with Gasteiger partial charge in [0.15, 0.2) is 0 Å². The van der Waals surface area contributed by atoms with Crippen LogP contribution in [0.5, 0.6) is 0 Å². The van der Waals surface area contributed by atoms with Gasteiger partial charge in [-0.15, -0.1) is 5.11 Å². The van der Waals surface area contributed by atoms with E-state index in [2.05, 4.69) is 9.63 Å². The van der Waals surface area contributed by atoms with Crippen molar-refractivity contribution in [2.45, 2.75) is 11.8 Å². The molecule has 7 heteroatoms. The van der Waals surface area contributed by atoms with Crippen molar-refractivity contribution >= 4 is 10.0 Å². The van der Waals surface area contributed by atoms with E-state index < -0.39 is 10.0 Å². The minimum absolute atomic E-state index is 0.0708. The molecule has 1 aromatic carbocycles. The first-order valence-electron chi connectivity index (χ1n) is 5.77. The highest BCUT2D eigenvalue weighted by molar-refractivity contribution is 7.90. The molecule has 0 spiro atoms. The molecule has 0 saturated heterocycles. The molecule has 1 N–H and O–H groups in total. The lowest BCUT2D eigenvalue weighted by Gasteiger charge is -2.16. The molecule has 0 aromatic heterocycles. The van der Waals surface area contributed by atoms with Gasteiger partial charge in [0.05, 0.1) is 16.3 Å². The average Bonchev–Trinajstić information content (AvgIpc) is 2.46. The van der Waals surface area contributed by atoms with Gasteiger partial charge >= 0.3 is 0 Å². The molecule has 0 unspecified atom stereocenters. The summed E-state index contributed by atoms with van der Waals surface area (Å²) in [5, 5.41) is 14.1. The van der Waals surface area contributed by atoms with Crippen LogP contribution in [-0.4, -0.2) is 18.7 Å². The molecule has 0 atom stereocenters. The normalized spacial score (nSPS) is 17.8. The molecule has 0 aliphatic carbocycles. The predicted octanol–water partition coefficient (Wildman–Crippen LogP) is 2.83. The third kappa shape index (κ3) is 3.19. The van der Waals surface area contributed by atoms with E-state index >= 15 is 0 Å². The number of rotatable bonds is 3. The molecule has 1 aliphatic rings. The van der Waals surface area contributed by atoms with E-state index in [4.69, 9.17) is 0 Å². The highest BCUT2D eigenvalue weighted by atomic mass is 32.2. The summed E-state index contributed by atoms with van der Waals surface area (Å²) in [6, 6.07) is 7.82. The molecule has 0 bridgehead atoms. The summed E-state index contributed by atoms with van der Waals surface area (Å²) in [5.74, 6) is 0. The molecule has 20 heavy (non-hydrogen) atoms. The molecule has 1 heterocycles. The topological polar surface area (TPSA) is 82.3 Å². The lowest BCUT2D eigenvalue weighted by atomic mass is 10.2. The molecular formula is C13H13N3O3S. The first-order chi connectivity index (χ1) is 9.50. The van der Waals surface area contributed by atoms with Crippen LogP contribution in [0.15, 0.2) is 80.7 Å². The lowest BCUT2D eigenvalue weighted by molar-refractivity contribution is -0.00148. The molecule has 0 amide bonds. The van der Waals surface area contributed by atoms with Crippen LogP contribution in [0.4, 0.5) is 0 Å². The molecule has 0 fully saturated rings. The minimum atomic E-state index is -3.83. The Bertz CT molecular complexity index is 704. The number of hydroxylamine groups is 2. The first kappa shape index (κ1) is 14.2. The SMILES string of the molecule is CC(N=NS(=O)(=O)c1ccccc1)=C1C=CC=CN1O. The Morgan fingerprint density at radius 2 is 1.90 bits per heavy atom. The van der Waals surface area contributed by atoms with Crippen molar-refractivity contribution in [1.29, 1.82) is 0 Å². The van der Waals surface area contributed by atoms with Gasteiger partial charge in [0.2, 0.25) is 0 Å². The van der Waals surface area contributed by atoms with Crippen LogP contribution in [-0.2, 0) is 10.0 Å². The quantitative estimate of drug-likeness (QED) is 0.868. The number of allylic oxidation sites excluding steroid dienone is 4. The molecular weight excluding hydrogens is 278 g/mol. The minimum Gasteiger partial charge on any atom is -0.284 e. The number of sulfonamides is 1. The van der Waals surface area contributed by atoms with Crippen molar-refractivity contribution in [3.8, 4) is 0 Å². The van der Waals surface area contributed by atoms with Gasteiger partial charge in [-0.05, 0) is 31.2 Å². The van der Waals surface area contributed by atoms with E-state index in [1.54, 1.807) is 43.4 Å². The summed E-state index contributed by atoms with van der Waals surface area (Å²) >= 11 is 0. The van der Waals surface area contributed by atoms with E-state index in [9.17, 15) is 13.6 Å². The Balaban J connectivity index is 2.28. The highest BCUT2D eigenvalue weighted by Crippen LogP contribution is 2.18. The van der Waals surface area contributed by atoms with Crippen molar-refractivity contribution in [2.24, 2.45) is 9.63 Å². The molecule has 0 saturated carbocycles. The second-order valence-electron chi connectivity index (χ2n) is 3.99. The van der Waals surface area contributed by atoms with Crippen molar-refractivity contribution in [3.63, 3.8) is 0 Å². The second-order valence-corrected chi connectivity index (χ2v) is 5.57. The third-order valence-corrected chi connectivity index (χ3v) is 3.71. The Labute approximate surface area is 117 Å². The summed E-state index contributed by atoms with van der Waals surface area (Å²) < 4.78 is 27.2. The third-order valence-electron chi connectivity index (χ3n) is 2.55. The number of nitrogens with zero attached hydrogens (tertiary/aromatic N) is 3. The zero-order valence-corrected chi connectivity index (χ0v) is 11.5. The Hall–Kier alpha value is -2.25. The number of benzene rings is 1. The number of hydrogen-bond acceptors (Lipinski definition) is 5. The van der Waals surface area contributed by atoms with E-state index in [1.807, 2.05) is 0 Å². The molecule has 6 nitrogen and oxygen atoms in total. The van der Waals surface area contributed by atoms with Crippen molar-refractivity contribution in [3.05, 3.63) is 66.2 Å². The average molecular weight is 291 g/mol. The molecule has 0 radical (unpaired) electrons. The van der Waals surface area contributed by atoms with Crippen molar-refractivity contribution in [2.75, 3.05) is 0 Å². The van der Waals surface area contributed by atoms with E-state index in [-0.39, 0.29) is 10.6 Å². The first-order valence-corrected chi connectivity index (χ1v) is 7.21. The largest absolute Gasteiger partial charge is 0.299 e. The van der Waals surface area contributed by atoms with Crippen LogP contribution in [0.2, 0.25) is 0 Å². The van der Waals surface area contributed by atoms with Gasteiger partial charge in [0.1, 0.15) is 0 Å². The van der Waals surface area contributed by atoms with Gasteiger partial charge in [-0.2, -0.15) is 8.42 Å². The second kappa shape index (κ2) is 5.81. The standard InChI is InChI=1S/C13H13N3O3S/c1-11(13-9-5-6-10-16(13)17)14-15-20(18,19)12-7-3-2-4-8-12/h2-10,17H,1H3. The van der Waals surface area contributed by atoms with Crippen LogP contribution >= 0.6 is 0 Å². The summed E-state index contributed by atoms with van der Waals surface area (Å²) in [7, 11) is -3.83. The van der Waals surface area contributed by atoms with Crippen LogP contribution in [0, 0.1) is 0 Å². The van der Waals surface area contributed by atoms with Gasteiger partial charge in [0.25, 0.3) is 10.0 Å². The fourth-order valence-corrected chi connectivity index (χ4v) is 2.35. The summed E-state index contributed by atoms with van der Waals surface area (Å²) in [5.41, 5.74) is 0.645. The maximum absolute atomic E-state index is 11.9. The van der Waals surface area contributed by atoms with Crippen LogP contribution < -0.4 is 0 Å². The Kier molecular flexibility index (Phi) is 4.11.